The first kappa shape index (κ1) is 25.4. The molecule has 6 nitrogen and oxygen atoms in total. The summed E-state index contributed by atoms with van der Waals surface area (Å²) in [7, 11) is 1.41. The summed E-state index contributed by atoms with van der Waals surface area (Å²) in [5, 5.41) is 10.3. The van der Waals surface area contributed by atoms with Gasteiger partial charge in [-0.05, 0) is 111 Å². The molecule has 0 aromatic heterocycles. The van der Waals surface area contributed by atoms with E-state index < -0.39 is 0 Å². The van der Waals surface area contributed by atoms with Gasteiger partial charge in [0.25, 0.3) is 0 Å². The van der Waals surface area contributed by atoms with Gasteiger partial charge in [0, 0.05) is 32.6 Å². The highest BCUT2D eigenvalue weighted by Gasteiger charge is 2.59. The van der Waals surface area contributed by atoms with E-state index in [-0.39, 0.29) is 18.1 Å². The molecule has 8 atom stereocenters. The first-order valence-corrected chi connectivity index (χ1v) is 14.5. The van der Waals surface area contributed by atoms with Crippen molar-refractivity contribution >= 4 is 12.0 Å². The van der Waals surface area contributed by atoms with Crippen LogP contribution in [0.2, 0.25) is 0 Å². The fraction of sp³-hybridized carbons (Fsp3) is 0.931. The number of carbonyl (C=O) groups is 2. The van der Waals surface area contributed by atoms with Gasteiger partial charge in [0.1, 0.15) is 0 Å². The van der Waals surface area contributed by atoms with Crippen molar-refractivity contribution in [3.8, 4) is 0 Å². The van der Waals surface area contributed by atoms with E-state index in [1.54, 1.807) is 4.90 Å². The van der Waals surface area contributed by atoms with Gasteiger partial charge >= 0.3 is 6.09 Å². The van der Waals surface area contributed by atoms with Gasteiger partial charge in [0.2, 0.25) is 5.91 Å². The highest BCUT2D eigenvalue weighted by molar-refractivity contribution is 5.76. The highest BCUT2D eigenvalue weighted by atomic mass is 16.5. The number of rotatable bonds is 4. The Hall–Kier alpha value is -1.30. The maximum Gasteiger partial charge on any atom is 0.409 e. The quantitative estimate of drug-likeness (QED) is 0.599. The second-order valence-electron chi connectivity index (χ2n) is 13.1. The summed E-state index contributed by atoms with van der Waals surface area (Å²) < 4.78 is 4.80. The molecule has 35 heavy (non-hydrogen) atoms. The molecule has 5 rings (SSSR count). The zero-order valence-corrected chi connectivity index (χ0v) is 22.3. The van der Waals surface area contributed by atoms with E-state index in [1.807, 2.05) is 4.90 Å². The number of ether oxygens (including phenoxy) is 1. The highest BCUT2D eigenvalue weighted by Crippen LogP contribution is 2.67. The van der Waals surface area contributed by atoms with Crippen molar-refractivity contribution in [2.24, 2.45) is 40.4 Å². The molecular formula is C29H48N2O4. The second-order valence-corrected chi connectivity index (χ2v) is 13.1. The van der Waals surface area contributed by atoms with Crippen LogP contribution in [0.15, 0.2) is 0 Å². The monoisotopic (exact) mass is 488 g/mol. The van der Waals surface area contributed by atoms with Crippen LogP contribution in [0.4, 0.5) is 4.79 Å². The average molecular weight is 489 g/mol. The maximum absolute atomic E-state index is 12.8. The first-order chi connectivity index (χ1) is 16.8. The predicted octanol–water partition coefficient (Wildman–Crippen LogP) is 5.09. The lowest BCUT2D eigenvalue weighted by Crippen LogP contribution is -2.53. The van der Waals surface area contributed by atoms with Crippen LogP contribution in [0.3, 0.4) is 0 Å². The Bertz CT molecular complexity index is 796. The number of methoxy groups -OCH3 is 1. The van der Waals surface area contributed by atoms with Crippen LogP contribution < -0.4 is 0 Å². The Kier molecular flexibility index (Phi) is 7.15. The Labute approximate surface area is 212 Å². The lowest BCUT2D eigenvalue weighted by molar-refractivity contribution is -0.133. The van der Waals surface area contributed by atoms with Crippen LogP contribution in [-0.2, 0) is 9.53 Å². The number of aliphatic hydroxyl groups is 1. The Morgan fingerprint density at radius 3 is 2.31 bits per heavy atom. The van der Waals surface area contributed by atoms with Crippen LogP contribution >= 0.6 is 0 Å². The summed E-state index contributed by atoms with van der Waals surface area (Å²) in [6.45, 7) is 7.56. The smallest absolute Gasteiger partial charge is 0.409 e. The molecule has 6 heteroatoms. The molecule has 1 aliphatic heterocycles. The molecule has 0 unspecified atom stereocenters. The molecule has 1 heterocycles. The minimum absolute atomic E-state index is 0.0613. The second kappa shape index (κ2) is 9.87. The maximum atomic E-state index is 12.8. The Morgan fingerprint density at radius 2 is 1.57 bits per heavy atom. The summed E-state index contributed by atoms with van der Waals surface area (Å²) in [5.74, 6) is 4.34. The molecule has 1 N–H and O–H groups in total. The number of aliphatic hydroxyl groups excluding tert-OH is 1. The third kappa shape index (κ3) is 4.51. The van der Waals surface area contributed by atoms with E-state index in [2.05, 4.69) is 13.8 Å². The SMILES string of the molecule is COC(=O)N1CCN(C(=O)CCC[C@H]2CC[C@H]3[C@@H]4CC[C@H]5C[C@@H](O)CC[C@]5(C)[C@H]4CC[C@]23C)CC1. The van der Waals surface area contributed by atoms with Crippen molar-refractivity contribution < 1.29 is 19.4 Å². The minimum atomic E-state index is -0.292. The number of hydrogen-bond donors (Lipinski definition) is 1. The number of hydrogen-bond acceptors (Lipinski definition) is 4. The van der Waals surface area contributed by atoms with Crippen LogP contribution in [0.25, 0.3) is 0 Å². The van der Waals surface area contributed by atoms with Crippen molar-refractivity contribution in [2.45, 2.75) is 97.0 Å². The molecule has 198 valence electrons. The summed E-state index contributed by atoms with van der Waals surface area (Å²) in [4.78, 5) is 28.1. The standard InChI is InChI=1S/C29H48N2O4/c1-28-14-12-25-23(9-7-21-19-22(32)11-13-29(21,25)2)24(28)10-8-20(28)5-4-6-26(33)30-15-17-31(18-16-30)27(34)35-3/h20-25,32H,4-19H2,1-3H3/t20-,21-,22-,23-,24-,25-,28+,29-/m0/s1. The van der Waals surface area contributed by atoms with Crippen LogP contribution in [-0.4, -0.2) is 66.3 Å². The molecule has 0 radical (unpaired) electrons. The number of carbonyl (C=O) groups excluding carboxylic acids is 2. The van der Waals surface area contributed by atoms with E-state index in [9.17, 15) is 14.7 Å². The van der Waals surface area contributed by atoms with Crippen molar-refractivity contribution in [1.29, 1.82) is 0 Å². The third-order valence-electron chi connectivity index (χ3n) is 11.8. The largest absolute Gasteiger partial charge is 0.453 e. The van der Waals surface area contributed by atoms with Gasteiger partial charge < -0.3 is 19.6 Å². The normalized spacial score (nSPS) is 43.2. The summed E-state index contributed by atoms with van der Waals surface area (Å²) in [6, 6.07) is 0. The molecule has 5 fully saturated rings. The van der Waals surface area contributed by atoms with Crippen molar-refractivity contribution in [3.05, 3.63) is 0 Å². The van der Waals surface area contributed by atoms with Gasteiger partial charge in [0.05, 0.1) is 13.2 Å². The lowest BCUT2D eigenvalue weighted by Gasteiger charge is -2.61. The van der Waals surface area contributed by atoms with Gasteiger partial charge in [-0.25, -0.2) is 4.79 Å². The molecule has 2 amide bonds. The van der Waals surface area contributed by atoms with Gasteiger partial charge in [0.15, 0.2) is 0 Å². The molecular weight excluding hydrogens is 440 g/mol. The Balaban J connectivity index is 1.13. The van der Waals surface area contributed by atoms with E-state index in [0.717, 1.165) is 48.9 Å². The number of fused-ring (bicyclic) bond motifs is 5. The van der Waals surface area contributed by atoms with Crippen LogP contribution in [0.5, 0.6) is 0 Å². The molecule has 1 saturated heterocycles. The summed E-state index contributed by atoms with van der Waals surface area (Å²) in [5.41, 5.74) is 0.902. The van der Waals surface area contributed by atoms with E-state index in [4.69, 9.17) is 4.74 Å². The number of piperazine rings is 1. The van der Waals surface area contributed by atoms with E-state index >= 15 is 0 Å². The van der Waals surface area contributed by atoms with E-state index in [1.165, 1.54) is 58.5 Å². The fourth-order valence-electron chi connectivity index (χ4n) is 9.74. The number of amides is 2. The fourth-order valence-corrected chi connectivity index (χ4v) is 9.74. The molecule has 0 spiro atoms. The first-order valence-electron chi connectivity index (χ1n) is 14.5. The van der Waals surface area contributed by atoms with Crippen molar-refractivity contribution in [1.82, 2.24) is 9.80 Å². The molecule has 4 aliphatic carbocycles. The average Bonchev–Trinajstić information content (AvgIpc) is 3.20. The van der Waals surface area contributed by atoms with Gasteiger partial charge in [-0.3, -0.25) is 4.79 Å². The predicted molar refractivity (Wildman–Crippen MR) is 136 cm³/mol. The van der Waals surface area contributed by atoms with Gasteiger partial charge in [-0.1, -0.05) is 13.8 Å². The molecule has 0 aromatic rings. The van der Waals surface area contributed by atoms with Gasteiger partial charge in [-0.2, -0.15) is 0 Å². The molecule has 4 saturated carbocycles. The third-order valence-corrected chi connectivity index (χ3v) is 11.8. The van der Waals surface area contributed by atoms with Crippen molar-refractivity contribution in [2.75, 3.05) is 33.3 Å². The van der Waals surface area contributed by atoms with Crippen molar-refractivity contribution in [3.63, 3.8) is 0 Å². The minimum Gasteiger partial charge on any atom is -0.453 e. The zero-order valence-electron chi connectivity index (χ0n) is 22.3. The van der Waals surface area contributed by atoms with Crippen LogP contribution in [0.1, 0.15) is 90.9 Å². The van der Waals surface area contributed by atoms with E-state index in [0.29, 0.717) is 43.4 Å². The molecule has 0 bridgehead atoms. The van der Waals surface area contributed by atoms with Crippen LogP contribution in [0, 0.1) is 40.4 Å². The van der Waals surface area contributed by atoms with Gasteiger partial charge in [-0.15, -0.1) is 0 Å². The summed E-state index contributed by atoms with van der Waals surface area (Å²) in [6.07, 6.45) is 13.9. The topological polar surface area (TPSA) is 70.1 Å². The Morgan fingerprint density at radius 1 is 0.886 bits per heavy atom. The molecule has 0 aromatic carbocycles. The summed E-state index contributed by atoms with van der Waals surface area (Å²) >= 11 is 0. The number of nitrogens with zero attached hydrogens (tertiary/aromatic N) is 2. The zero-order chi connectivity index (χ0) is 24.8. The molecule has 5 aliphatic rings. The lowest BCUT2D eigenvalue weighted by atomic mass is 9.44.